The Hall–Kier alpha value is -2.86. The van der Waals surface area contributed by atoms with Gasteiger partial charge in [0.15, 0.2) is 0 Å². The third-order valence-corrected chi connectivity index (χ3v) is 6.96. The largest absolute Gasteiger partial charge is 0.508 e. The SMILES string of the molecule is CCOC(=O)CNC(=O)C(Cc1ccccc1)CN1CC[C@@](C)(c2cccc(O)c2)C(C)C1. The van der Waals surface area contributed by atoms with E-state index in [4.69, 9.17) is 4.74 Å². The third-order valence-electron chi connectivity index (χ3n) is 6.96. The Morgan fingerprint density at radius 1 is 1.21 bits per heavy atom. The van der Waals surface area contributed by atoms with Gasteiger partial charge < -0.3 is 20.1 Å². The van der Waals surface area contributed by atoms with Crippen LogP contribution in [-0.2, 0) is 26.2 Å². The van der Waals surface area contributed by atoms with Crippen molar-refractivity contribution in [2.24, 2.45) is 11.8 Å². The zero-order valence-corrected chi connectivity index (χ0v) is 19.9. The van der Waals surface area contributed by atoms with Gasteiger partial charge in [0, 0.05) is 13.1 Å². The van der Waals surface area contributed by atoms with Crippen molar-refractivity contribution in [1.29, 1.82) is 0 Å². The van der Waals surface area contributed by atoms with Gasteiger partial charge in [-0.15, -0.1) is 0 Å². The summed E-state index contributed by atoms with van der Waals surface area (Å²) in [5, 5.41) is 12.7. The lowest BCUT2D eigenvalue weighted by atomic mass is 9.68. The molecule has 0 spiro atoms. The zero-order chi connectivity index (χ0) is 23.8. The molecule has 6 nitrogen and oxygen atoms in total. The molecule has 1 fully saturated rings. The molecule has 2 aromatic carbocycles. The number of esters is 1. The van der Waals surface area contributed by atoms with Gasteiger partial charge in [0.05, 0.1) is 12.5 Å². The predicted molar refractivity (Wildman–Crippen MR) is 129 cm³/mol. The molecule has 6 heteroatoms. The number of carbonyl (C=O) groups is 2. The topological polar surface area (TPSA) is 78.9 Å². The van der Waals surface area contributed by atoms with Crippen LogP contribution in [0.2, 0.25) is 0 Å². The van der Waals surface area contributed by atoms with E-state index in [0.29, 0.717) is 31.2 Å². The average Bonchev–Trinajstić information content (AvgIpc) is 2.80. The highest BCUT2D eigenvalue weighted by atomic mass is 16.5. The first-order valence-electron chi connectivity index (χ1n) is 11.8. The van der Waals surface area contributed by atoms with Gasteiger partial charge in [-0.25, -0.2) is 0 Å². The number of phenols is 1. The highest BCUT2D eigenvalue weighted by molar-refractivity contribution is 5.83. The molecule has 0 bridgehead atoms. The van der Waals surface area contributed by atoms with Crippen molar-refractivity contribution >= 4 is 11.9 Å². The summed E-state index contributed by atoms with van der Waals surface area (Å²) in [6.07, 6.45) is 1.56. The summed E-state index contributed by atoms with van der Waals surface area (Å²) in [7, 11) is 0. The second kappa shape index (κ2) is 11.3. The molecule has 1 amide bonds. The highest BCUT2D eigenvalue weighted by Crippen LogP contribution is 2.40. The van der Waals surface area contributed by atoms with Crippen LogP contribution in [0.1, 0.15) is 38.3 Å². The van der Waals surface area contributed by atoms with Crippen molar-refractivity contribution in [1.82, 2.24) is 10.2 Å². The number of rotatable bonds is 9. The van der Waals surface area contributed by atoms with Gasteiger partial charge in [0.1, 0.15) is 12.3 Å². The molecule has 2 N–H and O–H groups in total. The minimum atomic E-state index is -0.419. The molecule has 0 aliphatic carbocycles. The van der Waals surface area contributed by atoms with E-state index < -0.39 is 5.97 Å². The maximum absolute atomic E-state index is 13.0. The molecule has 2 aromatic rings. The first kappa shape index (κ1) is 24.8. The van der Waals surface area contributed by atoms with Crippen molar-refractivity contribution in [3.63, 3.8) is 0 Å². The van der Waals surface area contributed by atoms with Crippen LogP contribution in [0.3, 0.4) is 0 Å². The molecule has 0 saturated carbocycles. The van der Waals surface area contributed by atoms with Crippen LogP contribution in [0.15, 0.2) is 54.6 Å². The Labute approximate surface area is 196 Å². The zero-order valence-electron chi connectivity index (χ0n) is 19.9. The Kier molecular flexibility index (Phi) is 8.50. The molecule has 3 rings (SSSR count). The van der Waals surface area contributed by atoms with E-state index in [1.807, 2.05) is 42.5 Å². The van der Waals surface area contributed by atoms with Gasteiger partial charge in [-0.3, -0.25) is 9.59 Å². The van der Waals surface area contributed by atoms with Crippen molar-refractivity contribution in [3.05, 3.63) is 65.7 Å². The molecular weight excluding hydrogens is 416 g/mol. The number of likely N-dealkylation sites (tertiary alicyclic amines) is 1. The summed E-state index contributed by atoms with van der Waals surface area (Å²) < 4.78 is 4.95. The molecule has 1 heterocycles. The first-order chi connectivity index (χ1) is 15.8. The first-order valence-corrected chi connectivity index (χ1v) is 11.8. The maximum Gasteiger partial charge on any atom is 0.325 e. The molecule has 33 heavy (non-hydrogen) atoms. The van der Waals surface area contributed by atoms with Crippen LogP contribution in [-0.4, -0.2) is 54.7 Å². The standard InChI is InChI=1S/C27H36N2O4/c1-4-33-25(31)17-28-26(32)22(15-21-9-6-5-7-10-21)19-29-14-13-27(3,20(2)18-29)23-11-8-12-24(30)16-23/h5-12,16,20,22,30H,4,13-15,17-19H2,1-3H3,(H,28,32)/t20?,22?,27-/m1/s1. The summed E-state index contributed by atoms with van der Waals surface area (Å²) >= 11 is 0. The van der Waals surface area contributed by atoms with Crippen LogP contribution >= 0.6 is 0 Å². The van der Waals surface area contributed by atoms with E-state index in [0.717, 1.165) is 30.6 Å². The van der Waals surface area contributed by atoms with Gasteiger partial charge >= 0.3 is 5.97 Å². The molecule has 3 atom stereocenters. The predicted octanol–water partition coefficient (Wildman–Crippen LogP) is 3.53. The van der Waals surface area contributed by atoms with Crippen molar-refractivity contribution in [2.75, 3.05) is 32.8 Å². The second-order valence-electron chi connectivity index (χ2n) is 9.29. The minimum Gasteiger partial charge on any atom is -0.508 e. The van der Waals surface area contributed by atoms with Gasteiger partial charge in [-0.2, -0.15) is 0 Å². The normalized spacial score (nSPS) is 21.8. The van der Waals surface area contributed by atoms with E-state index in [1.165, 1.54) is 0 Å². The summed E-state index contributed by atoms with van der Waals surface area (Å²) in [6, 6.07) is 17.6. The molecule has 1 aliphatic rings. The van der Waals surface area contributed by atoms with Crippen molar-refractivity contribution in [3.8, 4) is 5.75 Å². The lowest BCUT2D eigenvalue weighted by Gasteiger charge is -2.45. The molecule has 1 aliphatic heterocycles. The Morgan fingerprint density at radius 3 is 2.64 bits per heavy atom. The Balaban J connectivity index is 1.68. The number of carbonyl (C=O) groups excluding carboxylic acids is 2. The summed E-state index contributed by atoms with van der Waals surface area (Å²) in [5.74, 6) is -0.157. The number of amides is 1. The Morgan fingerprint density at radius 2 is 1.97 bits per heavy atom. The Bertz CT molecular complexity index is 933. The molecule has 0 aromatic heterocycles. The molecule has 1 saturated heterocycles. The van der Waals surface area contributed by atoms with Crippen LogP contribution in [0.25, 0.3) is 0 Å². The number of hydrogen-bond donors (Lipinski definition) is 2. The fourth-order valence-electron chi connectivity index (χ4n) is 4.74. The van der Waals surface area contributed by atoms with Crippen LogP contribution in [0, 0.1) is 11.8 Å². The smallest absolute Gasteiger partial charge is 0.325 e. The van der Waals surface area contributed by atoms with Gasteiger partial charge in [0.25, 0.3) is 0 Å². The monoisotopic (exact) mass is 452 g/mol. The summed E-state index contributed by atoms with van der Waals surface area (Å²) in [6.45, 7) is 8.80. The lowest BCUT2D eigenvalue weighted by Crippen LogP contribution is -2.50. The number of piperidine rings is 1. The molecule has 0 radical (unpaired) electrons. The second-order valence-corrected chi connectivity index (χ2v) is 9.29. The number of nitrogens with zero attached hydrogens (tertiary/aromatic N) is 1. The van der Waals surface area contributed by atoms with E-state index in [1.54, 1.807) is 13.0 Å². The minimum absolute atomic E-state index is 0.0314. The van der Waals surface area contributed by atoms with E-state index in [2.05, 4.69) is 30.1 Å². The number of hydrogen-bond acceptors (Lipinski definition) is 5. The van der Waals surface area contributed by atoms with Crippen LogP contribution in [0.4, 0.5) is 0 Å². The van der Waals surface area contributed by atoms with Crippen molar-refractivity contribution in [2.45, 2.75) is 39.0 Å². The molecule has 2 unspecified atom stereocenters. The van der Waals surface area contributed by atoms with E-state index >= 15 is 0 Å². The number of aromatic hydroxyl groups is 1. The number of nitrogens with one attached hydrogen (secondary N) is 1. The average molecular weight is 453 g/mol. The fraction of sp³-hybridized carbons (Fsp3) is 0.481. The maximum atomic E-state index is 13.0. The van der Waals surface area contributed by atoms with Gasteiger partial charge in [-0.1, -0.05) is 56.3 Å². The van der Waals surface area contributed by atoms with Crippen molar-refractivity contribution < 1.29 is 19.4 Å². The van der Waals surface area contributed by atoms with Gasteiger partial charge in [0.2, 0.25) is 5.91 Å². The molecule has 178 valence electrons. The van der Waals surface area contributed by atoms with E-state index in [9.17, 15) is 14.7 Å². The molecular formula is C27H36N2O4. The number of ether oxygens (including phenoxy) is 1. The van der Waals surface area contributed by atoms with Crippen LogP contribution in [0.5, 0.6) is 5.75 Å². The third kappa shape index (κ3) is 6.57. The van der Waals surface area contributed by atoms with Crippen LogP contribution < -0.4 is 5.32 Å². The van der Waals surface area contributed by atoms with Gasteiger partial charge in [-0.05, 0) is 60.9 Å². The lowest BCUT2D eigenvalue weighted by molar-refractivity contribution is -0.143. The fourth-order valence-corrected chi connectivity index (χ4v) is 4.74. The number of phenolic OH excluding ortho intramolecular Hbond substituents is 1. The summed E-state index contributed by atoms with van der Waals surface area (Å²) in [4.78, 5) is 27.1. The summed E-state index contributed by atoms with van der Waals surface area (Å²) in [5.41, 5.74) is 2.22. The van der Waals surface area contributed by atoms with E-state index in [-0.39, 0.29) is 23.8 Å². The number of benzene rings is 2. The highest BCUT2D eigenvalue weighted by Gasteiger charge is 2.39. The quantitative estimate of drug-likeness (QED) is 0.569.